The lowest BCUT2D eigenvalue weighted by atomic mass is 10.2. The van der Waals surface area contributed by atoms with Crippen LogP contribution in [0, 0.1) is 0 Å². The summed E-state index contributed by atoms with van der Waals surface area (Å²) in [5.74, 6) is -0.115. The van der Waals surface area contributed by atoms with E-state index in [1.54, 1.807) is 4.68 Å². The van der Waals surface area contributed by atoms with E-state index in [-0.39, 0.29) is 6.42 Å². The van der Waals surface area contributed by atoms with Gasteiger partial charge in [0.05, 0.1) is 13.0 Å². The van der Waals surface area contributed by atoms with Gasteiger partial charge in [0.2, 0.25) is 0 Å². The van der Waals surface area contributed by atoms with E-state index in [0.29, 0.717) is 18.8 Å². The van der Waals surface area contributed by atoms with E-state index in [1.165, 1.54) is 6.33 Å². The molecule has 1 N–H and O–H groups in total. The number of hydrogen-bond acceptors (Lipinski definition) is 3. The monoisotopic (exact) mass is 231 g/mol. The van der Waals surface area contributed by atoms with Crippen molar-refractivity contribution in [3.8, 4) is 0 Å². The zero-order valence-electron chi connectivity index (χ0n) is 9.28. The lowest BCUT2D eigenvalue weighted by molar-refractivity contribution is -0.137. The smallest absolute Gasteiger partial charge is 0.303 e. The molecule has 1 aromatic heterocycles. The molecule has 5 heteroatoms. The Labute approximate surface area is 98.7 Å². The predicted octanol–water partition coefficient (Wildman–Crippen LogP) is 1.34. The molecule has 0 fully saturated rings. The van der Waals surface area contributed by atoms with Crippen LogP contribution in [0.2, 0.25) is 0 Å². The third-order valence-electron chi connectivity index (χ3n) is 2.43. The van der Waals surface area contributed by atoms with Gasteiger partial charge in [0, 0.05) is 6.42 Å². The second-order valence-electron chi connectivity index (χ2n) is 3.71. The Kier molecular flexibility index (Phi) is 3.49. The minimum atomic E-state index is -0.820. The summed E-state index contributed by atoms with van der Waals surface area (Å²) < 4.78 is 1.73. The molecule has 0 radical (unpaired) electrons. The molecule has 17 heavy (non-hydrogen) atoms. The molecule has 0 aliphatic rings. The molecule has 0 bridgehead atoms. The number of benzene rings is 1. The summed E-state index contributed by atoms with van der Waals surface area (Å²) in [4.78, 5) is 14.6. The zero-order valence-corrected chi connectivity index (χ0v) is 9.28. The zero-order chi connectivity index (χ0) is 12.1. The van der Waals surface area contributed by atoms with Crippen molar-refractivity contribution in [2.75, 3.05) is 0 Å². The molecule has 1 aromatic carbocycles. The Morgan fingerprint density at radius 1 is 1.29 bits per heavy atom. The number of aromatic nitrogens is 3. The summed E-state index contributed by atoms with van der Waals surface area (Å²) in [5, 5.41) is 12.7. The summed E-state index contributed by atoms with van der Waals surface area (Å²) >= 11 is 0. The van der Waals surface area contributed by atoms with Crippen LogP contribution >= 0.6 is 0 Å². The third kappa shape index (κ3) is 3.14. The van der Waals surface area contributed by atoms with Crippen molar-refractivity contribution in [3.63, 3.8) is 0 Å². The summed E-state index contributed by atoms with van der Waals surface area (Å²) in [6, 6.07) is 9.88. The highest BCUT2D eigenvalue weighted by molar-refractivity contribution is 5.66. The van der Waals surface area contributed by atoms with E-state index in [9.17, 15) is 4.79 Å². The van der Waals surface area contributed by atoms with Gasteiger partial charge in [-0.05, 0) is 5.56 Å². The molecule has 88 valence electrons. The van der Waals surface area contributed by atoms with Gasteiger partial charge in [-0.3, -0.25) is 4.79 Å². The van der Waals surface area contributed by atoms with E-state index in [0.717, 1.165) is 5.56 Å². The second-order valence-corrected chi connectivity index (χ2v) is 3.71. The van der Waals surface area contributed by atoms with E-state index < -0.39 is 5.97 Å². The fourth-order valence-electron chi connectivity index (χ4n) is 1.59. The van der Waals surface area contributed by atoms with Crippen LogP contribution in [0.1, 0.15) is 17.8 Å². The van der Waals surface area contributed by atoms with Gasteiger partial charge in [-0.25, -0.2) is 9.67 Å². The molecule has 0 atom stereocenters. The van der Waals surface area contributed by atoms with Crippen molar-refractivity contribution in [1.82, 2.24) is 14.8 Å². The van der Waals surface area contributed by atoms with Gasteiger partial charge in [-0.2, -0.15) is 5.10 Å². The third-order valence-corrected chi connectivity index (χ3v) is 2.43. The standard InChI is InChI=1S/C12H13N3O2/c16-12(17)7-6-11-13-9-14-15(11)8-10-4-2-1-3-5-10/h1-5,9H,6-8H2,(H,16,17). The van der Waals surface area contributed by atoms with Crippen LogP contribution < -0.4 is 0 Å². The quantitative estimate of drug-likeness (QED) is 0.843. The van der Waals surface area contributed by atoms with Crippen LogP contribution in [0.4, 0.5) is 0 Å². The lowest BCUT2D eigenvalue weighted by Crippen LogP contribution is -2.09. The molecule has 0 saturated carbocycles. The molecular weight excluding hydrogens is 218 g/mol. The number of aliphatic carboxylic acids is 1. The molecule has 2 rings (SSSR count). The first kappa shape index (κ1) is 11.3. The van der Waals surface area contributed by atoms with Crippen LogP contribution in [0.25, 0.3) is 0 Å². The van der Waals surface area contributed by atoms with Crippen molar-refractivity contribution in [2.24, 2.45) is 0 Å². The van der Waals surface area contributed by atoms with Gasteiger partial charge < -0.3 is 5.11 Å². The largest absolute Gasteiger partial charge is 0.481 e. The van der Waals surface area contributed by atoms with Crippen LogP contribution in [0.15, 0.2) is 36.7 Å². The summed E-state index contributed by atoms with van der Waals surface area (Å²) in [6.07, 6.45) is 1.94. The Bertz CT molecular complexity index is 493. The highest BCUT2D eigenvalue weighted by Crippen LogP contribution is 2.05. The minimum Gasteiger partial charge on any atom is -0.481 e. The number of aryl methyl sites for hydroxylation is 1. The molecular formula is C12H13N3O2. The van der Waals surface area contributed by atoms with Crippen molar-refractivity contribution >= 4 is 5.97 Å². The lowest BCUT2D eigenvalue weighted by Gasteiger charge is -2.05. The molecule has 0 saturated heterocycles. The maximum absolute atomic E-state index is 10.5. The second kappa shape index (κ2) is 5.25. The number of carboxylic acid groups (broad SMARTS) is 1. The van der Waals surface area contributed by atoms with Crippen LogP contribution in [-0.4, -0.2) is 25.8 Å². The normalized spacial score (nSPS) is 10.4. The first-order chi connectivity index (χ1) is 8.25. The first-order valence-electron chi connectivity index (χ1n) is 5.38. The van der Waals surface area contributed by atoms with Gasteiger partial charge >= 0.3 is 5.97 Å². The van der Waals surface area contributed by atoms with Crippen molar-refractivity contribution in [2.45, 2.75) is 19.4 Å². The molecule has 0 unspecified atom stereocenters. The van der Waals surface area contributed by atoms with Gasteiger partial charge in [0.15, 0.2) is 0 Å². The van der Waals surface area contributed by atoms with Crippen LogP contribution in [0.3, 0.4) is 0 Å². The van der Waals surface area contributed by atoms with E-state index in [4.69, 9.17) is 5.11 Å². The summed E-state index contributed by atoms with van der Waals surface area (Å²) in [5.41, 5.74) is 1.12. The maximum Gasteiger partial charge on any atom is 0.303 e. The van der Waals surface area contributed by atoms with Gasteiger partial charge in [0.25, 0.3) is 0 Å². The number of carbonyl (C=O) groups is 1. The molecule has 2 aromatic rings. The Morgan fingerprint density at radius 3 is 2.76 bits per heavy atom. The van der Waals surface area contributed by atoms with E-state index in [1.807, 2.05) is 30.3 Å². The topological polar surface area (TPSA) is 68.0 Å². The number of nitrogens with zero attached hydrogens (tertiary/aromatic N) is 3. The maximum atomic E-state index is 10.5. The molecule has 0 amide bonds. The summed E-state index contributed by atoms with van der Waals surface area (Å²) in [7, 11) is 0. The SMILES string of the molecule is O=C(O)CCc1ncnn1Cc1ccccc1. The Balaban J connectivity index is 2.06. The first-order valence-corrected chi connectivity index (χ1v) is 5.38. The highest BCUT2D eigenvalue weighted by Gasteiger charge is 2.07. The van der Waals surface area contributed by atoms with E-state index in [2.05, 4.69) is 10.1 Å². The van der Waals surface area contributed by atoms with Crippen molar-refractivity contribution in [1.29, 1.82) is 0 Å². The Morgan fingerprint density at radius 2 is 2.06 bits per heavy atom. The van der Waals surface area contributed by atoms with E-state index >= 15 is 0 Å². The Hall–Kier alpha value is -2.17. The number of hydrogen-bond donors (Lipinski definition) is 1. The fourth-order valence-corrected chi connectivity index (χ4v) is 1.59. The van der Waals surface area contributed by atoms with Gasteiger partial charge in [-0.1, -0.05) is 30.3 Å². The molecule has 0 spiro atoms. The average molecular weight is 231 g/mol. The summed E-state index contributed by atoms with van der Waals surface area (Å²) in [6.45, 7) is 0.621. The number of carboxylic acids is 1. The molecule has 0 aliphatic carbocycles. The van der Waals surface area contributed by atoms with Crippen LogP contribution in [0.5, 0.6) is 0 Å². The average Bonchev–Trinajstić information content (AvgIpc) is 2.75. The minimum absolute atomic E-state index is 0.0769. The number of rotatable bonds is 5. The van der Waals surface area contributed by atoms with Crippen molar-refractivity contribution < 1.29 is 9.90 Å². The molecule has 1 heterocycles. The van der Waals surface area contributed by atoms with Gasteiger partial charge in [-0.15, -0.1) is 0 Å². The van der Waals surface area contributed by atoms with Crippen molar-refractivity contribution in [3.05, 3.63) is 48.0 Å². The molecule has 0 aliphatic heterocycles. The van der Waals surface area contributed by atoms with Gasteiger partial charge in [0.1, 0.15) is 12.2 Å². The fraction of sp³-hybridized carbons (Fsp3) is 0.250. The van der Waals surface area contributed by atoms with Crippen LogP contribution in [-0.2, 0) is 17.8 Å². The predicted molar refractivity (Wildman–Crippen MR) is 61.5 cm³/mol. The highest BCUT2D eigenvalue weighted by atomic mass is 16.4. The molecule has 5 nitrogen and oxygen atoms in total.